The molecule has 0 saturated carbocycles. The van der Waals surface area contributed by atoms with E-state index < -0.39 is 16.1 Å². The van der Waals surface area contributed by atoms with Crippen LogP contribution in [0.5, 0.6) is 11.5 Å². The van der Waals surface area contributed by atoms with Crippen LogP contribution in [0, 0.1) is 0 Å². The zero-order valence-corrected chi connectivity index (χ0v) is 17.3. The summed E-state index contributed by atoms with van der Waals surface area (Å²) in [4.78, 5) is 12.6. The summed E-state index contributed by atoms with van der Waals surface area (Å²) in [7, 11) is -1.86. The van der Waals surface area contributed by atoms with Gasteiger partial charge in [0.25, 0.3) is 5.91 Å². The van der Waals surface area contributed by atoms with Crippen LogP contribution < -0.4 is 19.1 Å². The molecule has 1 N–H and O–H groups in total. The fourth-order valence-electron chi connectivity index (χ4n) is 2.48. The number of hydrogen-bond donors (Lipinski definition) is 1. The minimum Gasteiger partial charge on any atom is -0.492 e. The fourth-order valence-corrected chi connectivity index (χ4v) is 2.98. The van der Waals surface area contributed by atoms with Crippen LogP contribution in [-0.2, 0) is 14.8 Å². The van der Waals surface area contributed by atoms with Gasteiger partial charge in [-0.05, 0) is 49.7 Å². The molecule has 8 heteroatoms. The molecule has 0 aliphatic rings. The van der Waals surface area contributed by atoms with Gasteiger partial charge >= 0.3 is 0 Å². The second-order valence-electron chi connectivity index (χ2n) is 6.16. The highest BCUT2D eigenvalue weighted by atomic mass is 32.2. The largest absolute Gasteiger partial charge is 0.492 e. The fraction of sp³-hybridized carbons (Fsp3) is 0.350. The third-order valence-electron chi connectivity index (χ3n) is 4.08. The Balaban J connectivity index is 2.08. The lowest BCUT2D eigenvalue weighted by molar-refractivity contribution is -0.122. The summed E-state index contributed by atoms with van der Waals surface area (Å²) in [5.74, 6) is 0.791. The lowest BCUT2D eigenvalue weighted by Crippen LogP contribution is -2.32. The molecule has 0 aromatic heterocycles. The van der Waals surface area contributed by atoms with Crippen molar-refractivity contribution in [2.75, 3.05) is 29.5 Å². The van der Waals surface area contributed by atoms with Crippen molar-refractivity contribution in [2.24, 2.45) is 0 Å². The van der Waals surface area contributed by atoms with Crippen LogP contribution in [-0.4, -0.2) is 40.3 Å². The molecular formula is C20H26N2O5S. The van der Waals surface area contributed by atoms with Gasteiger partial charge in [0.15, 0.2) is 6.10 Å². The van der Waals surface area contributed by atoms with Crippen LogP contribution in [0.25, 0.3) is 0 Å². The Kier molecular flexibility index (Phi) is 7.28. The first-order valence-electron chi connectivity index (χ1n) is 8.99. The first-order chi connectivity index (χ1) is 13.3. The number of para-hydroxylation sites is 2. The summed E-state index contributed by atoms with van der Waals surface area (Å²) < 4.78 is 35.7. The number of carbonyl (C=O) groups excluding carboxylic acids is 1. The number of anilines is 2. The van der Waals surface area contributed by atoms with Crippen molar-refractivity contribution >= 4 is 27.3 Å². The molecule has 0 heterocycles. The number of nitrogens with zero attached hydrogens (tertiary/aromatic N) is 1. The van der Waals surface area contributed by atoms with Gasteiger partial charge in [-0.3, -0.25) is 9.10 Å². The third kappa shape index (κ3) is 5.63. The second kappa shape index (κ2) is 9.45. The molecule has 2 rings (SSSR count). The Bertz CT molecular complexity index is 897. The summed E-state index contributed by atoms with van der Waals surface area (Å²) in [6, 6.07) is 13.8. The van der Waals surface area contributed by atoms with Crippen LogP contribution in [0.3, 0.4) is 0 Å². The zero-order valence-electron chi connectivity index (χ0n) is 16.5. The smallest absolute Gasteiger partial charge is 0.265 e. The number of sulfonamides is 1. The van der Waals surface area contributed by atoms with Gasteiger partial charge in [-0.15, -0.1) is 0 Å². The van der Waals surface area contributed by atoms with Crippen LogP contribution >= 0.6 is 0 Å². The summed E-state index contributed by atoms with van der Waals surface area (Å²) in [6.45, 7) is 4.22. The number of benzene rings is 2. The molecule has 7 nitrogen and oxygen atoms in total. The van der Waals surface area contributed by atoms with E-state index in [1.165, 1.54) is 11.4 Å². The van der Waals surface area contributed by atoms with E-state index in [1.54, 1.807) is 36.4 Å². The molecule has 0 aliphatic carbocycles. The van der Waals surface area contributed by atoms with E-state index in [-0.39, 0.29) is 5.91 Å². The molecule has 152 valence electrons. The van der Waals surface area contributed by atoms with Gasteiger partial charge in [-0.25, -0.2) is 8.42 Å². The topological polar surface area (TPSA) is 84.9 Å². The molecule has 0 fully saturated rings. The molecule has 28 heavy (non-hydrogen) atoms. The Morgan fingerprint density at radius 1 is 1.11 bits per heavy atom. The zero-order chi connectivity index (χ0) is 20.7. The van der Waals surface area contributed by atoms with Crippen molar-refractivity contribution in [2.45, 2.75) is 26.4 Å². The minimum absolute atomic E-state index is 0.285. The summed E-state index contributed by atoms with van der Waals surface area (Å²) in [6.07, 6.45) is 0.899. The van der Waals surface area contributed by atoms with Gasteiger partial charge in [0.2, 0.25) is 10.0 Å². The van der Waals surface area contributed by atoms with E-state index in [2.05, 4.69) is 5.32 Å². The number of hydrogen-bond acceptors (Lipinski definition) is 5. The quantitative estimate of drug-likeness (QED) is 0.691. The number of carbonyl (C=O) groups is 1. The van der Waals surface area contributed by atoms with Gasteiger partial charge in [-0.2, -0.15) is 0 Å². The summed E-state index contributed by atoms with van der Waals surface area (Å²) in [5.41, 5.74) is 1.10. The lowest BCUT2D eigenvalue weighted by atomic mass is 10.2. The van der Waals surface area contributed by atoms with Gasteiger partial charge in [-0.1, -0.05) is 19.1 Å². The van der Waals surface area contributed by atoms with Crippen LogP contribution in [0.15, 0.2) is 48.5 Å². The minimum atomic E-state index is -3.34. The molecule has 0 radical (unpaired) electrons. The Hall–Kier alpha value is -2.74. The molecule has 0 bridgehead atoms. The average Bonchev–Trinajstić information content (AvgIpc) is 2.67. The molecule has 1 amide bonds. The highest BCUT2D eigenvalue weighted by Gasteiger charge is 2.20. The van der Waals surface area contributed by atoms with Gasteiger partial charge < -0.3 is 14.8 Å². The molecular weight excluding hydrogens is 380 g/mol. The SMILES string of the molecule is CCOc1ccccc1NC(=O)[C@@H](CC)Oc1ccc(N(C)S(C)(=O)=O)cc1. The van der Waals surface area contributed by atoms with E-state index in [0.29, 0.717) is 35.9 Å². The first-order valence-corrected chi connectivity index (χ1v) is 10.8. The highest BCUT2D eigenvalue weighted by molar-refractivity contribution is 7.92. The predicted molar refractivity (Wildman–Crippen MR) is 111 cm³/mol. The molecule has 2 aromatic carbocycles. The monoisotopic (exact) mass is 406 g/mol. The highest BCUT2D eigenvalue weighted by Crippen LogP contribution is 2.25. The number of amides is 1. The van der Waals surface area contributed by atoms with E-state index in [9.17, 15) is 13.2 Å². The van der Waals surface area contributed by atoms with Crippen molar-refractivity contribution in [1.29, 1.82) is 0 Å². The normalized spacial score (nSPS) is 12.1. The van der Waals surface area contributed by atoms with Crippen LogP contribution in [0.1, 0.15) is 20.3 Å². The number of ether oxygens (including phenoxy) is 2. The van der Waals surface area contributed by atoms with Gasteiger partial charge in [0.05, 0.1) is 24.2 Å². The van der Waals surface area contributed by atoms with Crippen molar-refractivity contribution in [1.82, 2.24) is 0 Å². The Morgan fingerprint density at radius 2 is 1.75 bits per heavy atom. The third-order valence-corrected chi connectivity index (χ3v) is 5.29. The predicted octanol–water partition coefficient (Wildman–Crippen LogP) is 3.28. The molecule has 0 saturated heterocycles. The summed E-state index contributed by atoms with van der Waals surface area (Å²) in [5, 5.41) is 2.84. The van der Waals surface area contributed by atoms with Gasteiger partial charge in [0, 0.05) is 7.05 Å². The van der Waals surface area contributed by atoms with Crippen molar-refractivity contribution in [3.8, 4) is 11.5 Å². The number of nitrogens with one attached hydrogen (secondary N) is 1. The van der Waals surface area contributed by atoms with Crippen molar-refractivity contribution < 1.29 is 22.7 Å². The number of rotatable bonds is 9. The van der Waals surface area contributed by atoms with Crippen molar-refractivity contribution in [3.05, 3.63) is 48.5 Å². The average molecular weight is 407 g/mol. The maximum atomic E-state index is 12.6. The second-order valence-corrected chi connectivity index (χ2v) is 8.17. The van der Waals surface area contributed by atoms with E-state index in [1.807, 2.05) is 26.0 Å². The van der Waals surface area contributed by atoms with Crippen LogP contribution in [0.2, 0.25) is 0 Å². The Labute approximate surface area is 166 Å². The molecule has 1 atom stereocenters. The van der Waals surface area contributed by atoms with E-state index in [4.69, 9.17) is 9.47 Å². The van der Waals surface area contributed by atoms with Crippen LogP contribution in [0.4, 0.5) is 11.4 Å². The maximum absolute atomic E-state index is 12.6. The molecule has 0 spiro atoms. The summed E-state index contributed by atoms with van der Waals surface area (Å²) >= 11 is 0. The van der Waals surface area contributed by atoms with Crippen molar-refractivity contribution in [3.63, 3.8) is 0 Å². The Morgan fingerprint density at radius 3 is 2.32 bits per heavy atom. The first kappa shape index (κ1) is 21.6. The lowest BCUT2D eigenvalue weighted by Gasteiger charge is -2.20. The maximum Gasteiger partial charge on any atom is 0.265 e. The molecule has 0 aliphatic heterocycles. The molecule has 2 aromatic rings. The van der Waals surface area contributed by atoms with Gasteiger partial charge in [0.1, 0.15) is 11.5 Å². The standard InChI is InChI=1S/C20H26N2O5S/c1-5-18(20(23)21-17-9-7-8-10-19(17)26-6-2)27-16-13-11-15(12-14-16)22(3)28(4,24)25/h7-14,18H,5-6H2,1-4H3,(H,21,23)/t18-/m1/s1. The van der Waals surface area contributed by atoms with E-state index >= 15 is 0 Å². The van der Waals surface area contributed by atoms with E-state index in [0.717, 1.165) is 6.26 Å². The molecule has 0 unspecified atom stereocenters.